The Kier molecular flexibility index (Phi) is 6.47. The van der Waals surface area contributed by atoms with E-state index in [1.54, 1.807) is 42.5 Å². The number of carbonyl (C=O) groups is 2. The molecule has 10 rings (SSSR count). The Bertz CT molecular complexity index is 3100. The number of hydrogen-bond donors (Lipinski definition) is 0. The van der Waals surface area contributed by atoms with Crippen LogP contribution in [0.15, 0.2) is 152 Å². The highest BCUT2D eigenvalue weighted by Gasteiger charge is 2.36. The second kappa shape index (κ2) is 11.4. The summed E-state index contributed by atoms with van der Waals surface area (Å²) in [5.41, 5.74) is 9.81. The molecule has 0 spiro atoms. The highest BCUT2D eigenvalue weighted by Crippen LogP contribution is 2.39. The first-order chi connectivity index (χ1) is 26.0. The summed E-state index contributed by atoms with van der Waals surface area (Å²) >= 11 is 0. The maximum atomic E-state index is 13.5. The third-order valence-corrected chi connectivity index (χ3v) is 10.3. The number of amides is 2. The minimum atomic E-state index is -0.407. The molecular formula is C46H25N5O2. The smallest absolute Gasteiger partial charge is 0.266 e. The summed E-state index contributed by atoms with van der Waals surface area (Å²) in [6.45, 7) is 0. The summed E-state index contributed by atoms with van der Waals surface area (Å²) in [5.74, 6) is -0.814. The van der Waals surface area contributed by atoms with Crippen LogP contribution in [-0.4, -0.2) is 20.9 Å². The molecule has 0 N–H and O–H groups in total. The van der Waals surface area contributed by atoms with Gasteiger partial charge in [0.15, 0.2) is 0 Å². The Hall–Kier alpha value is -7.74. The number of hydrogen-bond acceptors (Lipinski definition) is 4. The molecule has 0 atom stereocenters. The minimum Gasteiger partial charge on any atom is -0.309 e. The SMILES string of the molecule is N#Cc1ccc(-n2c3ccccc3c3cc(-c4ccc5c(c4)c4ccccc4n5-c4cc(C#N)cc(N5C(=O)c6ccccc6C5=O)c4)ccc32)cc1. The number of anilines is 1. The predicted octanol–water partition coefficient (Wildman–Crippen LogP) is 10.1. The van der Waals surface area contributed by atoms with Crippen LogP contribution in [0.4, 0.5) is 5.69 Å². The van der Waals surface area contributed by atoms with Gasteiger partial charge in [0, 0.05) is 32.9 Å². The van der Waals surface area contributed by atoms with Gasteiger partial charge in [0.05, 0.1) is 62.1 Å². The van der Waals surface area contributed by atoms with Crippen LogP contribution < -0.4 is 4.90 Å². The fraction of sp³-hybridized carbons (Fsp3) is 0. The van der Waals surface area contributed by atoms with E-state index in [2.05, 4.69) is 81.9 Å². The molecule has 2 amide bonds. The summed E-state index contributed by atoms with van der Waals surface area (Å²) in [6.07, 6.45) is 0. The molecule has 2 aromatic heterocycles. The van der Waals surface area contributed by atoms with E-state index in [0.29, 0.717) is 33.6 Å². The first-order valence-corrected chi connectivity index (χ1v) is 17.1. The largest absolute Gasteiger partial charge is 0.309 e. The lowest BCUT2D eigenvalue weighted by Gasteiger charge is -2.17. The average Bonchev–Trinajstić information content (AvgIpc) is 3.82. The molecule has 1 aliphatic rings. The molecule has 0 aliphatic carbocycles. The number of fused-ring (bicyclic) bond motifs is 7. The zero-order valence-electron chi connectivity index (χ0n) is 28.0. The number of imide groups is 1. The molecule has 7 nitrogen and oxygen atoms in total. The molecule has 0 unspecified atom stereocenters. The van der Waals surface area contributed by atoms with Gasteiger partial charge in [-0.25, -0.2) is 4.90 Å². The van der Waals surface area contributed by atoms with E-state index in [9.17, 15) is 20.1 Å². The molecule has 3 heterocycles. The number of nitriles is 2. The molecule has 53 heavy (non-hydrogen) atoms. The highest BCUT2D eigenvalue weighted by atomic mass is 16.2. The molecule has 0 bridgehead atoms. The van der Waals surface area contributed by atoms with Gasteiger partial charge in [-0.3, -0.25) is 9.59 Å². The van der Waals surface area contributed by atoms with Crippen LogP contribution in [-0.2, 0) is 0 Å². The minimum absolute atomic E-state index is 0.338. The van der Waals surface area contributed by atoms with E-state index < -0.39 is 11.8 Å². The third-order valence-electron chi connectivity index (χ3n) is 10.3. The Balaban J connectivity index is 1.13. The van der Waals surface area contributed by atoms with Gasteiger partial charge in [-0.2, -0.15) is 10.5 Å². The van der Waals surface area contributed by atoms with Gasteiger partial charge in [-0.15, -0.1) is 0 Å². The molecular weight excluding hydrogens is 655 g/mol. The van der Waals surface area contributed by atoms with Crippen LogP contribution in [0.25, 0.3) is 66.1 Å². The van der Waals surface area contributed by atoms with Crippen molar-refractivity contribution in [1.82, 2.24) is 9.13 Å². The molecule has 0 fully saturated rings. The van der Waals surface area contributed by atoms with E-state index in [-0.39, 0.29) is 0 Å². The second-order valence-corrected chi connectivity index (χ2v) is 13.2. The van der Waals surface area contributed by atoms with E-state index >= 15 is 0 Å². The van der Waals surface area contributed by atoms with Crippen LogP contribution in [0.5, 0.6) is 0 Å². The molecule has 0 saturated heterocycles. The normalized spacial score (nSPS) is 12.5. The number of aromatic nitrogens is 2. The lowest BCUT2D eigenvalue weighted by atomic mass is 10.0. The Morgan fingerprint density at radius 1 is 0.396 bits per heavy atom. The topological polar surface area (TPSA) is 94.8 Å². The van der Waals surface area contributed by atoms with Crippen LogP contribution >= 0.6 is 0 Å². The second-order valence-electron chi connectivity index (χ2n) is 13.2. The van der Waals surface area contributed by atoms with Crippen LogP contribution in [0.1, 0.15) is 31.8 Å². The van der Waals surface area contributed by atoms with Gasteiger partial charge >= 0.3 is 0 Å². The Labute approximate surface area is 303 Å². The highest BCUT2D eigenvalue weighted by molar-refractivity contribution is 6.34. The van der Waals surface area contributed by atoms with Gasteiger partial charge in [0.25, 0.3) is 11.8 Å². The summed E-state index contributed by atoms with van der Waals surface area (Å²) in [7, 11) is 0. The third kappa shape index (κ3) is 4.45. The van der Waals surface area contributed by atoms with Gasteiger partial charge in [-0.05, 0) is 102 Å². The predicted molar refractivity (Wildman–Crippen MR) is 208 cm³/mol. The fourth-order valence-corrected chi connectivity index (χ4v) is 7.89. The zero-order valence-corrected chi connectivity index (χ0v) is 28.0. The van der Waals surface area contributed by atoms with Gasteiger partial charge in [0.2, 0.25) is 0 Å². The van der Waals surface area contributed by atoms with Crippen molar-refractivity contribution in [3.8, 4) is 34.6 Å². The fourth-order valence-electron chi connectivity index (χ4n) is 7.89. The van der Waals surface area contributed by atoms with Crippen LogP contribution in [0.3, 0.4) is 0 Å². The molecule has 7 aromatic carbocycles. The van der Waals surface area contributed by atoms with Gasteiger partial charge in [-0.1, -0.05) is 60.7 Å². The monoisotopic (exact) mass is 679 g/mol. The van der Waals surface area contributed by atoms with Crippen LogP contribution in [0, 0.1) is 22.7 Å². The summed E-state index contributed by atoms with van der Waals surface area (Å²) in [5, 5.41) is 23.8. The maximum absolute atomic E-state index is 13.5. The molecule has 7 heteroatoms. The van der Waals surface area contributed by atoms with Crippen molar-refractivity contribution >= 4 is 61.1 Å². The summed E-state index contributed by atoms with van der Waals surface area (Å²) in [4.78, 5) is 28.1. The van der Waals surface area contributed by atoms with Gasteiger partial charge in [0.1, 0.15) is 0 Å². The first kappa shape index (κ1) is 30.1. The molecule has 0 saturated carbocycles. The molecule has 0 radical (unpaired) electrons. The van der Waals surface area contributed by atoms with Crippen molar-refractivity contribution in [1.29, 1.82) is 10.5 Å². The summed E-state index contributed by atoms with van der Waals surface area (Å²) in [6, 6.07) is 53.5. The van der Waals surface area contributed by atoms with E-state index in [1.807, 2.05) is 48.5 Å². The first-order valence-electron chi connectivity index (χ1n) is 17.1. The maximum Gasteiger partial charge on any atom is 0.266 e. The number of para-hydroxylation sites is 2. The zero-order chi connectivity index (χ0) is 35.8. The number of rotatable bonds is 4. The van der Waals surface area contributed by atoms with Crippen molar-refractivity contribution in [3.63, 3.8) is 0 Å². The van der Waals surface area contributed by atoms with Crippen molar-refractivity contribution in [2.24, 2.45) is 0 Å². The van der Waals surface area contributed by atoms with Crippen molar-refractivity contribution in [2.45, 2.75) is 0 Å². The Morgan fingerprint density at radius 2 is 0.868 bits per heavy atom. The van der Waals surface area contributed by atoms with E-state index in [4.69, 9.17) is 0 Å². The van der Waals surface area contributed by atoms with E-state index in [1.165, 1.54) is 0 Å². The number of benzene rings is 7. The Morgan fingerprint density at radius 3 is 1.42 bits per heavy atom. The van der Waals surface area contributed by atoms with Crippen LogP contribution in [0.2, 0.25) is 0 Å². The van der Waals surface area contributed by atoms with Crippen molar-refractivity contribution in [2.75, 3.05) is 4.90 Å². The van der Waals surface area contributed by atoms with Gasteiger partial charge < -0.3 is 9.13 Å². The average molecular weight is 680 g/mol. The van der Waals surface area contributed by atoms with Crippen molar-refractivity contribution < 1.29 is 9.59 Å². The molecule has 1 aliphatic heterocycles. The lowest BCUT2D eigenvalue weighted by molar-refractivity contribution is 0.0926. The van der Waals surface area contributed by atoms with E-state index in [0.717, 1.165) is 65.3 Å². The quantitative estimate of drug-likeness (QED) is 0.173. The summed E-state index contributed by atoms with van der Waals surface area (Å²) < 4.78 is 4.32. The number of nitrogens with zero attached hydrogens (tertiary/aromatic N) is 5. The van der Waals surface area contributed by atoms with Crippen molar-refractivity contribution in [3.05, 3.63) is 174 Å². The standard InChI is InChI=1S/C46H25N5O2/c47-26-28-13-17-32(18-14-28)49-41-11-5-3-7-35(41)39-23-30(15-19-43(39)49)31-16-20-44-40(24-31)36-8-4-6-12-42(36)50(44)33-21-29(27-48)22-34(25-33)51-45(52)37-9-1-2-10-38(37)46(51)53/h1-25H. The molecule has 246 valence electrons. The lowest BCUT2D eigenvalue weighted by Crippen LogP contribution is -2.29. The number of carbonyl (C=O) groups excluding carboxylic acids is 2. The molecule has 9 aromatic rings.